The average Bonchev–Trinajstić information content (AvgIpc) is 2.68. The Morgan fingerprint density at radius 2 is 2.21 bits per heavy atom. The highest BCUT2D eigenvalue weighted by atomic mass is 32.2. The Balaban J connectivity index is 2.61. The highest BCUT2D eigenvalue weighted by molar-refractivity contribution is 7.88. The summed E-state index contributed by atoms with van der Waals surface area (Å²) in [6.07, 6.45) is 2.66. The number of aromatic nitrogens is 1. The van der Waals surface area contributed by atoms with Crippen LogP contribution < -0.4 is 5.32 Å². The second kappa shape index (κ2) is 6.67. The molecule has 0 bridgehead atoms. The van der Waals surface area contributed by atoms with Crippen LogP contribution in [-0.2, 0) is 14.8 Å². The number of sulfonamides is 1. The molecule has 0 spiro atoms. The van der Waals surface area contributed by atoms with E-state index in [1.54, 1.807) is 13.0 Å². The van der Waals surface area contributed by atoms with Crippen LogP contribution in [0.3, 0.4) is 0 Å². The van der Waals surface area contributed by atoms with Crippen molar-refractivity contribution in [3.63, 3.8) is 0 Å². The lowest BCUT2D eigenvalue weighted by molar-refractivity contribution is -0.116. The highest BCUT2D eigenvalue weighted by Gasteiger charge is 2.20. The zero-order valence-electron chi connectivity index (χ0n) is 11.3. The molecule has 0 unspecified atom stereocenters. The van der Waals surface area contributed by atoms with Crippen LogP contribution >= 0.6 is 0 Å². The maximum atomic E-state index is 11.7. The second-order valence-electron chi connectivity index (χ2n) is 4.32. The van der Waals surface area contributed by atoms with Gasteiger partial charge in [-0.1, -0.05) is 18.5 Å². The predicted octanol–water partition coefficient (Wildman–Crippen LogP) is 0.983. The van der Waals surface area contributed by atoms with Crippen LogP contribution in [0.5, 0.6) is 0 Å². The van der Waals surface area contributed by atoms with E-state index in [2.05, 4.69) is 10.5 Å². The van der Waals surface area contributed by atoms with Crippen LogP contribution in [-0.4, -0.2) is 43.1 Å². The molecule has 1 aromatic heterocycles. The number of anilines is 1. The van der Waals surface area contributed by atoms with Crippen LogP contribution in [0, 0.1) is 6.92 Å². The fourth-order valence-corrected chi connectivity index (χ4v) is 2.28. The molecule has 0 atom stereocenters. The van der Waals surface area contributed by atoms with Gasteiger partial charge in [0.05, 0.1) is 12.8 Å². The van der Waals surface area contributed by atoms with Crippen molar-refractivity contribution >= 4 is 21.7 Å². The molecule has 7 nitrogen and oxygen atoms in total. The third-order valence-corrected chi connectivity index (χ3v) is 3.70. The van der Waals surface area contributed by atoms with Gasteiger partial charge in [-0.05, 0) is 13.3 Å². The lowest BCUT2D eigenvalue weighted by atomic mass is 10.3. The van der Waals surface area contributed by atoms with Crippen LogP contribution in [0.25, 0.3) is 0 Å². The van der Waals surface area contributed by atoms with Crippen molar-refractivity contribution in [2.75, 3.05) is 24.7 Å². The molecule has 1 rings (SSSR count). The van der Waals surface area contributed by atoms with Gasteiger partial charge in [0.15, 0.2) is 5.82 Å². The van der Waals surface area contributed by atoms with Crippen molar-refractivity contribution in [3.05, 3.63) is 11.8 Å². The summed E-state index contributed by atoms with van der Waals surface area (Å²) < 4.78 is 29.0. The molecule has 0 saturated heterocycles. The Morgan fingerprint density at radius 1 is 1.53 bits per heavy atom. The summed E-state index contributed by atoms with van der Waals surface area (Å²) in [5.74, 6) is 0.419. The normalized spacial score (nSPS) is 11.8. The number of amides is 1. The molecule has 0 aliphatic heterocycles. The molecule has 0 radical (unpaired) electrons. The van der Waals surface area contributed by atoms with Crippen LogP contribution in [0.4, 0.5) is 5.82 Å². The van der Waals surface area contributed by atoms with Gasteiger partial charge in [0.1, 0.15) is 5.76 Å². The molecule has 0 saturated carbocycles. The van der Waals surface area contributed by atoms with E-state index in [1.807, 2.05) is 6.92 Å². The van der Waals surface area contributed by atoms with Crippen molar-refractivity contribution in [2.45, 2.75) is 26.7 Å². The predicted molar refractivity (Wildman–Crippen MR) is 71.2 cm³/mol. The minimum Gasteiger partial charge on any atom is -0.360 e. The van der Waals surface area contributed by atoms with E-state index in [1.165, 1.54) is 0 Å². The van der Waals surface area contributed by atoms with E-state index < -0.39 is 15.9 Å². The van der Waals surface area contributed by atoms with Gasteiger partial charge in [0.2, 0.25) is 15.9 Å². The minimum absolute atomic E-state index is 0.218. The second-order valence-corrected chi connectivity index (χ2v) is 6.30. The number of unbranched alkanes of at least 4 members (excludes halogenated alkanes) is 1. The van der Waals surface area contributed by atoms with Crippen LogP contribution in [0.1, 0.15) is 25.5 Å². The van der Waals surface area contributed by atoms with Gasteiger partial charge in [-0.15, -0.1) is 0 Å². The van der Waals surface area contributed by atoms with Gasteiger partial charge in [-0.25, -0.2) is 8.42 Å². The zero-order chi connectivity index (χ0) is 14.5. The number of hydrogen-bond acceptors (Lipinski definition) is 5. The number of nitrogens with zero attached hydrogens (tertiary/aromatic N) is 2. The molecule has 1 aromatic rings. The molecule has 19 heavy (non-hydrogen) atoms. The van der Waals surface area contributed by atoms with Gasteiger partial charge in [0.25, 0.3) is 0 Å². The van der Waals surface area contributed by atoms with Crippen molar-refractivity contribution in [1.82, 2.24) is 9.46 Å². The number of aryl methyl sites for hydroxylation is 1. The third kappa shape index (κ3) is 5.39. The number of nitrogens with one attached hydrogen (secondary N) is 1. The highest BCUT2D eigenvalue weighted by Crippen LogP contribution is 2.08. The van der Waals surface area contributed by atoms with E-state index in [-0.39, 0.29) is 12.4 Å². The first kappa shape index (κ1) is 15.6. The van der Waals surface area contributed by atoms with Gasteiger partial charge in [0, 0.05) is 12.6 Å². The molecule has 1 heterocycles. The smallest absolute Gasteiger partial charge is 0.240 e. The van der Waals surface area contributed by atoms with Crippen molar-refractivity contribution < 1.29 is 17.7 Å². The Labute approximate surface area is 113 Å². The van der Waals surface area contributed by atoms with Crippen molar-refractivity contribution in [1.29, 1.82) is 0 Å². The summed E-state index contributed by atoms with van der Waals surface area (Å²) >= 11 is 0. The van der Waals surface area contributed by atoms with Crippen molar-refractivity contribution in [2.24, 2.45) is 0 Å². The summed E-state index contributed by atoms with van der Waals surface area (Å²) in [6, 6.07) is 1.56. The summed E-state index contributed by atoms with van der Waals surface area (Å²) in [6.45, 7) is 3.77. The summed E-state index contributed by atoms with van der Waals surface area (Å²) in [5, 5.41) is 6.10. The molecule has 108 valence electrons. The number of carbonyl (C=O) groups is 1. The molecule has 8 heteroatoms. The molecular formula is C11H19N3O4S. The molecule has 0 fully saturated rings. The lowest BCUT2D eigenvalue weighted by Crippen LogP contribution is -2.38. The fourth-order valence-electron chi connectivity index (χ4n) is 1.46. The van der Waals surface area contributed by atoms with Crippen LogP contribution in [0.2, 0.25) is 0 Å². The molecule has 1 N–H and O–H groups in total. The zero-order valence-corrected chi connectivity index (χ0v) is 12.2. The van der Waals surface area contributed by atoms with Gasteiger partial charge in [-0.3, -0.25) is 4.79 Å². The Morgan fingerprint density at radius 3 is 2.68 bits per heavy atom. The summed E-state index contributed by atoms with van der Waals surface area (Å²) in [5.41, 5.74) is 0. The SMILES string of the molecule is CCCCN(CC(=O)Nc1cc(C)on1)S(C)(=O)=O. The molecule has 0 aliphatic carbocycles. The van der Waals surface area contributed by atoms with E-state index in [0.717, 1.165) is 17.0 Å². The van der Waals surface area contributed by atoms with Crippen molar-refractivity contribution in [3.8, 4) is 0 Å². The topological polar surface area (TPSA) is 92.5 Å². The standard InChI is InChI=1S/C11H19N3O4S/c1-4-5-6-14(19(3,16)17)8-11(15)12-10-7-9(2)18-13-10/h7H,4-6,8H2,1-3H3,(H,12,13,15). The molecule has 0 aromatic carbocycles. The number of rotatable bonds is 7. The first-order valence-electron chi connectivity index (χ1n) is 6.01. The first-order valence-corrected chi connectivity index (χ1v) is 7.86. The Hall–Kier alpha value is -1.41. The number of hydrogen-bond donors (Lipinski definition) is 1. The summed E-state index contributed by atoms with van der Waals surface area (Å²) in [7, 11) is -3.39. The van der Waals surface area contributed by atoms with E-state index in [9.17, 15) is 13.2 Å². The summed E-state index contributed by atoms with van der Waals surface area (Å²) in [4.78, 5) is 11.7. The maximum Gasteiger partial charge on any atom is 0.240 e. The fraction of sp³-hybridized carbons (Fsp3) is 0.636. The van der Waals surface area contributed by atoms with E-state index in [4.69, 9.17) is 4.52 Å². The lowest BCUT2D eigenvalue weighted by Gasteiger charge is -2.18. The first-order chi connectivity index (χ1) is 8.82. The molecule has 1 amide bonds. The quantitative estimate of drug-likeness (QED) is 0.807. The van der Waals surface area contributed by atoms with Crippen LogP contribution in [0.15, 0.2) is 10.6 Å². The maximum absolute atomic E-state index is 11.7. The molecular weight excluding hydrogens is 270 g/mol. The van der Waals surface area contributed by atoms with Gasteiger partial charge < -0.3 is 9.84 Å². The third-order valence-electron chi connectivity index (χ3n) is 2.45. The van der Waals surface area contributed by atoms with E-state index >= 15 is 0 Å². The van der Waals surface area contributed by atoms with Gasteiger partial charge >= 0.3 is 0 Å². The molecule has 0 aliphatic rings. The number of carbonyl (C=O) groups excluding carboxylic acids is 1. The monoisotopic (exact) mass is 289 g/mol. The Kier molecular flexibility index (Phi) is 5.49. The largest absolute Gasteiger partial charge is 0.360 e. The Bertz CT molecular complexity index is 524. The average molecular weight is 289 g/mol. The minimum atomic E-state index is -3.39. The van der Waals surface area contributed by atoms with E-state index in [0.29, 0.717) is 18.7 Å². The van der Waals surface area contributed by atoms with Gasteiger partial charge in [-0.2, -0.15) is 4.31 Å².